The second kappa shape index (κ2) is 7.26. The van der Waals surface area contributed by atoms with Gasteiger partial charge < -0.3 is 24.7 Å². The topological polar surface area (TPSA) is 83.7 Å². The van der Waals surface area contributed by atoms with Crippen LogP contribution in [0.1, 0.15) is 21.6 Å². The molecule has 0 atom stereocenters. The van der Waals surface area contributed by atoms with E-state index in [1.807, 2.05) is 24.3 Å². The molecule has 3 aromatic rings. The first-order valence-corrected chi connectivity index (χ1v) is 9.01. The van der Waals surface area contributed by atoms with Crippen molar-refractivity contribution in [3.8, 4) is 5.75 Å². The minimum atomic E-state index is -0.376. The molecule has 1 aromatic heterocycles. The molecule has 144 valence electrons. The number of nitrogens with zero attached hydrogens (tertiary/aromatic N) is 1. The van der Waals surface area contributed by atoms with Crippen molar-refractivity contribution in [2.75, 3.05) is 26.1 Å². The number of urea groups is 1. The van der Waals surface area contributed by atoms with Crippen molar-refractivity contribution < 1.29 is 19.1 Å². The molecule has 0 radical (unpaired) electrons. The van der Waals surface area contributed by atoms with Crippen molar-refractivity contribution in [3.63, 3.8) is 0 Å². The van der Waals surface area contributed by atoms with Crippen molar-refractivity contribution in [1.29, 1.82) is 0 Å². The summed E-state index contributed by atoms with van der Waals surface area (Å²) in [6.07, 6.45) is 0.719. The molecular weight excluding hydrogens is 358 g/mol. The Morgan fingerprint density at radius 3 is 2.75 bits per heavy atom. The van der Waals surface area contributed by atoms with E-state index in [9.17, 15) is 9.59 Å². The van der Waals surface area contributed by atoms with E-state index in [1.54, 1.807) is 30.2 Å². The molecule has 7 heteroatoms. The van der Waals surface area contributed by atoms with E-state index in [0.29, 0.717) is 30.1 Å². The summed E-state index contributed by atoms with van der Waals surface area (Å²) in [6.45, 7) is 1.06. The Labute approximate surface area is 162 Å². The van der Waals surface area contributed by atoms with Crippen LogP contribution in [-0.4, -0.2) is 42.6 Å². The fourth-order valence-electron chi connectivity index (χ4n) is 3.57. The number of hydrogen-bond acceptors (Lipinski definition) is 4. The van der Waals surface area contributed by atoms with Crippen molar-refractivity contribution >= 4 is 28.6 Å². The number of nitrogens with one attached hydrogen (secondary N) is 2. The van der Waals surface area contributed by atoms with Crippen molar-refractivity contribution in [2.24, 2.45) is 0 Å². The average molecular weight is 379 g/mol. The summed E-state index contributed by atoms with van der Waals surface area (Å²) in [5.74, 6) is 0.238. The summed E-state index contributed by atoms with van der Waals surface area (Å²) < 4.78 is 10.1. The minimum absolute atomic E-state index is 0.186. The second-order valence-electron chi connectivity index (χ2n) is 6.64. The van der Waals surface area contributed by atoms with Crippen LogP contribution in [0.4, 0.5) is 10.5 Å². The number of hydrogen-bond donors (Lipinski definition) is 2. The van der Waals surface area contributed by atoms with E-state index < -0.39 is 0 Å². The molecular formula is C21H21N3O4. The molecule has 0 saturated heterocycles. The Hall–Kier alpha value is -3.48. The lowest BCUT2D eigenvalue weighted by molar-refractivity contribution is 0.0601. The van der Waals surface area contributed by atoms with Crippen molar-refractivity contribution in [2.45, 2.75) is 13.0 Å². The molecule has 0 unspecified atom stereocenters. The molecule has 0 fully saturated rings. The quantitative estimate of drug-likeness (QED) is 0.682. The maximum absolute atomic E-state index is 12.8. The van der Waals surface area contributed by atoms with Crippen LogP contribution in [0.25, 0.3) is 10.9 Å². The van der Waals surface area contributed by atoms with Gasteiger partial charge in [0.15, 0.2) is 0 Å². The molecule has 4 rings (SSSR count). The molecule has 28 heavy (non-hydrogen) atoms. The van der Waals surface area contributed by atoms with Gasteiger partial charge in [-0.1, -0.05) is 12.1 Å². The van der Waals surface area contributed by atoms with E-state index >= 15 is 0 Å². The van der Waals surface area contributed by atoms with Gasteiger partial charge in [-0.15, -0.1) is 0 Å². The Morgan fingerprint density at radius 1 is 1.14 bits per heavy atom. The number of fused-ring (bicyclic) bond motifs is 3. The number of aromatic nitrogens is 1. The Balaban J connectivity index is 1.59. The van der Waals surface area contributed by atoms with E-state index in [4.69, 9.17) is 9.47 Å². The predicted octanol–water partition coefficient (Wildman–Crippen LogP) is 3.55. The summed E-state index contributed by atoms with van der Waals surface area (Å²) in [5, 5.41) is 3.86. The third-order valence-electron chi connectivity index (χ3n) is 5.03. The van der Waals surface area contributed by atoms with Gasteiger partial charge in [0.1, 0.15) is 5.75 Å². The third kappa shape index (κ3) is 3.15. The number of esters is 1. The highest BCUT2D eigenvalue weighted by atomic mass is 16.5. The van der Waals surface area contributed by atoms with Crippen LogP contribution < -0.4 is 10.1 Å². The fourth-order valence-corrected chi connectivity index (χ4v) is 3.57. The maximum atomic E-state index is 12.8. The number of anilines is 1. The first kappa shape index (κ1) is 17.9. The molecule has 0 spiro atoms. The maximum Gasteiger partial charge on any atom is 0.337 e. The lowest BCUT2D eigenvalue weighted by Crippen LogP contribution is -2.38. The summed E-state index contributed by atoms with van der Waals surface area (Å²) in [7, 11) is 2.94. The molecule has 2 amide bonds. The molecule has 0 saturated carbocycles. The lowest BCUT2D eigenvalue weighted by Gasteiger charge is -2.27. The standard InChI is InChI=1S/C21H21N3O4/c1-27-19-6-4-3-5-18(19)23-21(26)24-10-9-17-15(12-24)14-11-13(20(25)28-2)7-8-16(14)22-17/h3-8,11,22H,9-10,12H2,1-2H3,(H,23,26). The summed E-state index contributed by atoms with van der Waals surface area (Å²) in [5.41, 5.74) is 4.20. The predicted molar refractivity (Wildman–Crippen MR) is 106 cm³/mol. The lowest BCUT2D eigenvalue weighted by atomic mass is 10.0. The summed E-state index contributed by atoms with van der Waals surface area (Å²) in [4.78, 5) is 29.8. The van der Waals surface area contributed by atoms with Gasteiger partial charge in [-0.2, -0.15) is 0 Å². The number of rotatable bonds is 3. The smallest absolute Gasteiger partial charge is 0.337 e. The molecule has 2 N–H and O–H groups in total. The summed E-state index contributed by atoms with van der Waals surface area (Å²) in [6, 6.07) is 12.6. The van der Waals surface area contributed by atoms with Gasteiger partial charge in [0, 0.05) is 41.7 Å². The van der Waals surface area contributed by atoms with Crippen LogP contribution in [-0.2, 0) is 17.7 Å². The van der Waals surface area contributed by atoms with Crippen LogP contribution in [0.3, 0.4) is 0 Å². The van der Waals surface area contributed by atoms with Gasteiger partial charge in [-0.3, -0.25) is 0 Å². The number of aromatic amines is 1. The highest BCUT2D eigenvalue weighted by Crippen LogP contribution is 2.30. The van der Waals surface area contributed by atoms with E-state index in [1.165, 1.54) is 7.11 Å². The highest BCUT2D eigenvalue weighted by Gasteiger charge is 2.25. The van der Waals surface area contributed by atoms with Gasteiger partial charge >= 0.3 is 12.0 Å². The zero-order valence-corrected chi connectivity index (χ0v) is 15.7. The number of carbonyl (C=O) groups is 2. The number of amides is 2. The van der Waals surface area contributed by atoms with Gasteiger partial charge in [0.25, 0.3) is 0 Å². The van der Waals surface area contributed by atoms with Gasteiger partial charge in [0.2, 0.25) is 0 Å². The number of ether oxygens (including phenoxy) is 2. The van der Waals surface area contributed by atoms with Crippen LogP contribution >= 0.6 is 0 Å². The van der Waals surface area contributed by atoms with E-state index in [2.05, 4.69) is 10.3 Å². The molecule has 1 aliphatic heterocycles. The van der Waals surface area contributed by atoms with Crippen LogP contribution in [0.15, 0.2) is 42.5 Å². The first-order valence-electron chi connectivity index (χ1n) is 9.01. The summed E-state index contributed by atoms with van der Waals surface area (Å²) >= 11 is 0. The van der Waals surface area contributed by atoms with Crippen molar-refractivity contribution in [1.82, 2.24) is 9.88 Å². The fraction of sp³-hybridized carbons (Fsp3) is 0.238. The van der Waals surface area contributed by atoms with E-state index in [-0.39, 0.29) is 12.0 Å². The van der Waals surface area contributed by atoms with Gasteiger partial charge in [-0.25, -0.2) is 9.59 Å². The molecule has 0 bridgehead atoms. The van der Waals surface area contributed by atoms with E-state index in [0.717, 1.165) is 28.6 Å². The SMILES string of the molecule is COC(=O)c1ccc2[nH]c3c(c2c1)CN(C(=O)Nc1ccccc1OC)CC3. The molecule has 0 aliphatic carbocycles. The number of para-hydroxylation sites is 2. The Kier molecular flexibility index (Phi) is 4.65. The van der Waals surface area contributed by atoms with Crippen LogP contribution in [0.2, 0.25) is 0 Å². The number of carbonyl (C=O) groups excluding carboxylic acids is 2. The minimum Gasteiger partial charge on any atom is -0.495 e. The monoisotopic (exact) mass is 379 g/mol. The zero-order valence-electron chi connectivity index (χ0n) is 15.7. The first-order chi connectivity index (χ1) is 13.6. The van der Waals surface area contributed by atoms with Crippen LogP contribution in [0, 0.1) is 0 Å². The Morgan fingerprint density at radius 2 is 1.96 bits per heavy atom. The van der Waals surface area contributed by atoms with Crippen molar-refractivity contribution in [3.05, 3.63) is 59.3 Å². The normalized spacial score (nSPS) is 13.1. The Bertz CT molecular complexity index is 1060. The van der Waals surface area contributed by atoms with Gasteiger partial charge in [0.05, 0.1) is 25.5 Å². The number of methoxy groups -OCH3 is 2. The van der Waals surface area contributed by atoms with Gasteiger partial charge in [-0.05, 0) is 30.3 Å². The molecule has 2 aromatic carbocycles. The molecule has 2 heterocycles. The number of H-pyrrole nitrogens is 1. The molecule has 1 aliphatic rings. The van der Waals surface area contributed by atoms with Crippen LogP contribution in [0.5, 0.6) is 5.75 Å². The molecule has 7 nitrogen and oxygen atoms in total. The average Bonchev–Trinajstić information content (AvgIpc) is 3.10. The highest BCUT2D eigenvalue weighted by molar-refractivity contribution is 5.97. The largest absolute Gasteiger partial charge is 0.495 e. The second-order valence-corrected chi connectivity index (χ2v) is 6.64. The third-order valence-corrected chi connectivity index (χ3v) is 5.03. The zero-order chi connectivity index (χ0) is 19.7. The number of benzene rings is 2.